The predicted octanol–water partition coefficient (Wildman–Crippen LogP) is 5.62. The maximum Gasteiger partial charge on any atom is 0.319 e. The number of benzene rings is 3. The van der Waals surface area contributed by atoms with Gasteiger partial charge in [0, 0.05) is 47.5 Å². The summed E-state index contributed by atoms with van der Waals surface area (Å²) in [7, 11) is 0. The first kappa shape index (κ1) is 27.7. The molecule has 0 radical (unpaired) electrons. The average Bonchev–Trinajstić information content (AvgIpc) is 2.93. The van der Waals surface area contributed by atoms with Gasteiger partial charge in [0.05, 0.1) is 18.8 Å². The zero-order valence-corrected chi connectivity index (χ0v) is 22.3. The van der Waals surface area contributed by atoms with Crippen LogP contribution in [-0.2, 0) is 20.9 Å². The van der Waals surface area contributed by atoms with Gasteiger partial charge in [0.15, 0.2) is 6.29 Å². The number of amides is 3. The normalized spacial score (nSPS) is 19.0. The van der Waals surface area contributed by atoms with Crippen LogP contribution in [0.3, 0.4) is 0 Å². The van der Waals surface area contributed by atoms with E-state index >= 15 is 0 Å². The van der Waals surface area contributed by atoms with E-state index in [9.17, 15) is 14.7 Å². The number of ether oxygens (including phenoxy) is 2. The van der Waals surface area contributed by atoms with Crippen molar-refractivity contribution in [3.8, 4) is 0 Å². The van der Waals surface area contributed by atoms with Gasteiger partial charge in [-0.3, -0.25) is 4.79 Å². The Labute approximate surface area is 227 Å². The second-order valence-corrected chi connectivity index (χ2v) is 10.1. The molecule has 1 saturated heterocycles. The molecule has 1 aliphatic rings. The Balaban J connectivity index is 1.47. The van der Waals surface area contributed by atoms with Crippen molar-refractivity contribution in [2.45, 2.75) is 50.3 Å². The molecule has 3 aromatic rings. The van der Waals surface area contributed by atoms with Crippen molar-refractivity contribution in [2.24, 2.45) is 0 Å². The summed E-state index contributed by atoms with van der Waals surface area (Å²) in [6.07, 6.45) is -0.146. The number of nitrogens with one attached hydrogen (secondary N) is 3. The summed E-state index contributed by atoms with van der Waals surface area (Å²) in [6.45, 7) is 3.90. The smallest absolute Gasteiger partial charge is 0.319 e. The number of carbonyl (C=O) groups is 2. The molecule has 1 fully saturated rings. The zero-order chi connectivity index (χ0) is 26.9. The third kappa shape index (κ3) is 7.82. The van der Waals surface area contributed by atoms with Gasteiger partial charge in [-0.05, 0) is 54.4 Å². The Bertz CT molecular complexity index is 1200. The van der Waals surface area contributed by atoms with Gasteiger partial charge in [0.25, 0.3) is 0 Å². The lowest BCUT2D eigenvalue weighted by molar-refractivity contribution is -0.245. The molecule has 3 amide bonds. The van der Waals surface area contributed by atoms with Crippen LogP contribution in [0.15, 0.2) is 77.7 Å². The van der Waals surface area contributed by atoms with Crippen LogP contribution in [0.1, 0.15) is 49.4 Å². The van der Waals surface area contributed by atoms with Crippen molar-refractivity contribution in [1.29, 1.82) is 0 Å². The first-order valence-corrected chi connectivity index (χ1v) is 13.6. The summed E-state index contributed by atoms with van der Waals surface area (Å²) in [5.74, 6) is 0.625. The van der Waals surface area contributed by atoms with Gasteiger partial charge >= 0.3 is 6.03 Å². The van der Waals surface area contributed by atoms with Crippen molar-refractivity contribution in [2.75, 3.05) is 22.9 Å². The molecule has 0 spiro atoms. The van der Waals surface area contributed by atoms with Crippen molar-refractivity contribution >= 4 is 35.1 Å². The lowest BCUT2D eigenvalue weighted by atomic mass is 10.0. The zero-order valence-electron chi connectivity index (χ0n) is 21.5. The van der Waals surface area contributed by atoms with Crippen LogP contribution in [0.2, 0.25) is 0 Å². The molecule has 8 nitrogen and oxygen atoms in total. The highest BCUT2D eigenvalue weighted by atomic mass is 32.2. The third-order valence-electron chi connectivity index (χ3n) is 6.00. The van der Waals surface area contributed by atoms with Gasteiger partial charge in [0.2, 0.25) is 5.91 Å². The number of rotatable bonds is 9. The van der Waals surface area contributed by atoms with Gasteiger partial charge in [0.1, 0.15) is 0 Å². The van der Waals surface area contributed by atoms with E-state index in [1.165, 1.54) is 6.92 Å². The van der Waals surface area contributed by atoms with E-state index in [1.807, 2.05) is 79.7 Å². The molecule has 0 aliphatic carbocycles. The summed E-state index contributed by atoms with van der Waals surface area (Å²) in [5.41, 5.74) is 4.18. The Kier molecular flexibility index (Phi) is 9.78. The van der Waals surface area contributed by atoms with E-state index in [-0.39, 0.29) is 30.8 Å². The van der Waals surface area contributed by atoms with Crippen LogP contribution >= 0.6 is 11.8 Å². The SMILES string of the molecule is CCNC(=O)Nc1ccc([C@H]2O[C@@H](CSc3ccc(NC(C)=O)cc3)C[C@@H](c3ccc(CO)cc3)O2)cc1. The molecule has 0 bridgehead atoms. The minimum absolute atomic E-state index is 0.00576. The molecule has 200 valence electrons. The molecular formula is C29H33N3O5S. The van der Waals surface area contributed by atoms with Crippen LogP contribution in [0.4, 0.5) is 16.2 Å². The number of aliphatic hydroxyl groups is 1. The fourth-order valence-corrected chi connectivity index (χ4v) is 5.03. The van der Waals surface area contributed by atoms with Crippen molar-refractivity contribution in [1.82, 2.24) is 5.32 Å². The quantitative estimate of drug-likeness (QED) is 0.265. The summed E-state index contributed by atoms with van der Waals surface area (Å²) in [4.78, 5) is 24.2. The molecule has 9 heteroatoms. The van der Waals surface area contributed by atoms with Crippen LogP contribution in [-0.4, -0.2) is 35.4 Å². The van der Waals surface area contributed by atoms with Crippen molar-refractivity contribution in [3.05, 3.63) is 89.5 Å². The van der Waals surface area contributed by atoms with E-state index in [1.54, 1.807) is 11.8 Å². The minimum Gasteiger partial charge on any atom is -0.392 e. The minimum atomic E-state index is -0.572. The lowest BCUT2D eigenvalue weighted by Crippen LogP contribution is -2.31. The number of urea groups is 1. The molecule has 0 saturated carbocycles. The second-order valence-electron chi connectivity index (χ2n) is 8.97. The van der Waals surface area contributed by atoms with E-state index < -0.39 is 6.29 Å². The van der Waals surface area contributed by atoms with Crippen molar-refractivity contribution < 1.29 is 24.2 Å². The largest absolute Gasteiger partial charge is 0.392 e. The van der Waals surface area contributed by atoms with Gasteiger partial charge in [-0.15, -0.1) is 11.8 Å². The molecule has 1 aliphatic heterocycles. The molecular weight excluding hydrogens is 502 g/mol. The fraction of sp³-hybridized carbons (Fsp3) is 0.310. The van der Waals surface area contributed by atoms with E-state index in [4.69, 9.17) is 9.47 Å². The molecule has 38 heavy (non-hydrogen) atoms. The summed E-state index contributed by atoms with van der Waals surface area (Å²) in [6, 6.07) is 22.7. The highest BCUT2D eigenvalue weighted by Gasteiger charge is 2.32. The van der Waals surface area contributed by atoms with Crippen LogP contribution < -0.4 is 16.0 Å². The Morgan fingerprint density at radius 1 is 0.895 bits per heavy atom. The summed E-state index contributed by atoms with van der Waals surface area (Å²) < 4.78 is 12.8. The number of anilines is 2. The number of carbonyl (C=O) groups excluding carboxylic acids is 2. The maximum atomic E-state index is 11.8. The maximum absolute atomic E-state index is 11.8. The molecule has 0 unspecified atom stereocenters. The van der Waals surface area contributed by atoms with Gasteiger partial charge in [-0.1, -0.05) is 36.4 Å². The molecule has 1 heterocycles. The van der Waals surface area contributed by atoms with Gasteiger partial charge in [-0.25, -0.2) is 4.79 Å². The van der Waals surface area contributed by atoms with Crippen molar-refractivity contribution in [3.63, 3.8) is 0 Å². The third-order valence-corrected chi connectivity index (χ3v) is 7.15. The molecule has 3 aromatic carbocycles. The molecule has 3 atom stereocenters. The Hall–Kier alpha value is -3.37. The predicted molar refractivity (Wildman–Crippen MR) is 149 cm³/mol. The first-order valence-electron chi connectivity index (χ1n) is 12.6. The second kappa shape index (κ2) is 13.4. The topological polar surface area (TPSA) is 109 Å². The highest BCUT2D eigenvalue weighted by molar-refractivity contribution is 7.99. The summed E-state index contributed by atoms with van der Waals surface area (Å²) >= 11 is 1.69. The highest BCUT2D eigenvalue weighted by Crippen LogP contribution is 2.39. The van der Waals surface area contributed by atoms with E-state index in [0.29, 0.717) is 18.7 Å². The first-order chi connectivity index (χ1) is 18.4. The van der Waals surface area contributed by atoms with Gasteiger partial charge in [-0.2, -0.15) is 0 Å². The number of hydrogen-bond donors (Lipinski definition) is 4. The monoisotopic (exact) mass is 535 g/mol. The number of aliphatic hydroxyl groups excluding tert-OH is 1. The van der Waals surface area contributed by atoms with E-state index in [2.05, 4.69) is 16.0 Å². The molecule has 4 N–H and O–H groups in total. The Morgan fingerprint density at radius 3 is 2.16 bits per heavy atom. The Morgan fingerprint density at radius 2 is 1.53 bits per heavy atom. The van der Waals surface area contributed by atoms with Gasteiger partial charge < -0.3 is 30.5 Å². The van der Waals surface area contributed by atoms with Crippen LogP contribution in [0.25, 0.3) is 0 Å². The molecule has 4 rings (SSSR count). The standard InChI is InChI=1S/C29H33N3O5S/c1-3-30-29(35)32-24-10-8-22(9-11-24)28-36-25(16-27(37-28)21-6-4-20(17-33)5-7-21)18-38-26-14-12-23(13-15-26)31-19(2)34/h4-15,25,27-28,33H,3,16-18H2,1-2H3,(H,31,34)(H2,30,32,35)/t25-,27+,28+/m1/s1. The van der Waals surface area contributed by atoms with E-state index in [0.717, 1.165) is 33.0 Å². The fourth-order valence-electron chi connectivity index (χ4n) is 4.11. The van der Waals surface area contributed by atoms with Crippen LogP contribution in [0, 0.1) is 0 Å². The lowest BCUT2D eigenvalue weighted by Gasteiger charge is -2.36. The average molecular weight is 536 g/mol. The molecule has 0 aromatic heterocycles. The summed E-state index contributed by atoms with van der Waals surface area (Å²) in [5, 5.41) is 17.7. The number of hydrogen-bond acceptors (Lipinski definition) is 6. The van der Waals surface area contributed by atoms with Crippen LogP contribution in [0.5, 0.6) is 0 Å². The number of thioether (sulfide) groups is 1.